The number of amides is 1. The van der Waals surface area contributed by atoms with Gasteiger partial charge in [-0.25, -0.2) is 4.79 Å². The van der Waals surface area contributed by atoms with Gasteiger partial charge in [0.25, 0.3) is 11.5 Å². The lowest BCUT2D eigenvalue weighted by molar-refractivity contribution is -0.389. The van der Waals surface area contributed by atoms with Crippen LogP contribution in [0.5, 0.6) is 0 Å². The molecule has 0 aliphatic carbocycles. The van der Waals surface area contributed by atoms with E-state index in [9.17, 15) is 24.8 Å². The molecule has 36 heavy (non-hydrogen) atoms. The van der Waals surface area contributed by atoms with Gasteiger partial charge in [-0.05, 0) is 31.9 Å². The van der Waals surface area contributed by atoms with Crippen molar-refractivity contribution in [1.82, 2.24) is 10.6 Å². The Morgan fingerprint density at radius 2 is 1.92 bits per heavy atom. The monoisotopic (exact) mass is 509 g/mol. The Balaban J connectivity index is 0.000000425. The zero-order valence-corrected chi connectivity index (χ0v) is 21.9. The van der Waals surface area contributed by atoms with Crippen molar-refractivity contribution >= 4 is 17.6 Å². The van der Waals surface area contributed by atoms with Gasteiger partial charge in [-0.1, -0.05) is 39.8 Å². The minimum Gasteiger partial charge on any atom is -0.477 e. The maximum absolute atomic E-state index is 12.2. The molecule has 11 nitrogen and oxygen atoms in total. The third-order valence-corrected chi connectivity index (χ3v) is 6.44. The van der Waals surface area contributed by atoms with Gasteiger partial charge in [0.15, 0.2) is 0 Å². The van der Waals surface area contributed by atoms with Gasteiger partial charge in [0.05, 0.1) is 35.7 Å². The van der Waals surface area contributed by atoms with E-state index in [0.717, 1.165) is 13.0 Å². The number of hydrogen-bond donors (Lipinski definition) is 3. The summed E-state index contributed by atoms with van der Waals surface area (Å²) in [6, 6.07) is 5.66. The van der Waals surface area contributed by atoms with E-state index in [-0.39, 0.29) is 30.0 Å². The maximum Gasteiger partial charge on any atom is 0.366 e. The highest BCUT2D eigenvalue weighted by Crippen LogP contribution is 2.48. The topological polar surface area (TPSA) is 149 Å². The van der Waals surface area contributed by atoms with Gasteiger partial charge in [-0.2, -0.15) is 0 Å². The molecule has 2 aliphatic rings. The Hall–Kier alpha value is -2.60. The fourth-order valence-corrected chi connectivity index (χ4v) is 4.42. The lowest BCUT2D eigenvalue weighted by atomic mass is 9.80. The number of aliphatic carboxylic acids is 1. The standard InChI is InChI=1S/C19H28N2O6.C6H11NO2/c1-12(2)10-15(20-5)19(17(22)23)26-11-18(3,4)16(27-19)13-8-6-7-9-14(13)21(24)25;1-7-6(8)5-2-3-9-4-5/h6-9,12,15-16,20H,10-11H2,1-5H3,(H,22,23);5H,2-4H2,1H3,(H,7,8)/t15-,16?,19?;5-/m01/s1. The van der Waals surface area contributed by atoms with Gasteiger partial charge < -0.3 is 30.0 Å². The molecule has 1 aromatic carbocycles. The second kappa shape index (κ2) is 12.6. The zero-order valence-electron chi connectivity index (χ0n) is 21.9. The first-order valence-electron chi connectivity index (χ1n) is 12.1. The highest BCUT2D eigenvalue weighted by Gasteiger charge is 2.57. The number of ether oxygens (including phenoxy) is 3. The minimum atomic E-state index is -1.93. The summed E-state index contributed by atoms with van der Waals surface area (Å²) in [4.78, 5) is 34.1. The third-order valence-electron chi connectivity index (χ3n) is 6.44. The number of nitrogens with zero attached hydrogens (tertiary/aromatic N) is 1. The molecule has 0 radical (unpaired) electrons. The number of carboxylic acid groups (broad SMARTS) is 1. The highest BCUT2D eigenvalue weighted by molar-refractivity contribution is 5.78. The number of carbonyl (C=O) groups excluding carboxylic acids is 1. The Morgan fingerprint density at radius 3 is 2.42 bits per heavy atom. The van der Waals surface area contributed by atoms with E-state index >= 15 is 0 Å². The smallest absolute Gasteiger partial charge is 0.366 e. The predicted octanol–water partition coefficient (Wildman–Crippen LogP) is 2.89. The van der Waals surface area contributed by atoms with E-state index in [1.54, 1.807) is 32.3 Å². The van der Waals surface area contributed by atoms with E-state index in [1.165, 1.54) is 6.07 Å². The largest absolute Gasteiger partial charge is 0.477 e. The number of nitro groups is 1. The van der Waals surface area contributed by atoms with Crippen molar-refractivity contribution in [2.45, 2.75) is 58.5 Å². The third kappa shape index (κ3) is 6.78. The molecule has 2 fully saturated rings. The summed E-state index contributed by atoms with van der Waals surface area (Å²) in [5.74, 6) is -2.77. The Labute approximate surface area is 212 Å². The van der Waals surface area contributed by atoms with E-state index in [1.807, 2.05) is 27.7 Å². The van der Waals surface area contributed by atoms with Crippen LogP contribution in [0.2, 0.25) is 0 Å². The number of nitrogens with one attached hydrogen (secondary N) is 2. The summed E-state index contributed by atoms with van der Waals surface area (Å²) in [6.45, 7) is 9.07. The van der Waals surface area contributed by atoms with Crippen molar-refractivity contribution in [2.24, 2.45) is 17.3 Å². The fraction of sp³-hybridized carbons (Fsp3) is 0.680. The van der Waals surface area contributed by atoms with Crippen LogP contribution < -0.4 is 10.6 Å². The molecular weight excluding hydrogens is 470 g/mol. The number of hydrogen-bond acceptors (Lipinski definition) is 8. The zero-order chi connectivity index (χ0) is 27.1. The molecule has 1 amide bonds. The van der Waals surface area contributed by atoms with Crippen LogP contribution in [0.25, 0.3) is 0 Å². The minimum absolute atomic E-state index is 0.0896. The average Bonchev–Trinajstić information content (AvgIpc) is 3.37. The molecule has 4 atom stereocenters. The fourth-order valence-electron chi connectivity index (χ4n) is 4.42. The number of carbonyl (C=O) groups is 2. The summed E-state index contributed by atoms with van der Waals surface area (Å²) in [6.07, 6.45) is 0.568. The van der Waals surface area contributed by atoms with Gasteiger partial charge in [-0.3, -0.25) is 14.9 Å². The quantitative estimate of drug-likeness (QED) is 0.355. The molecule has 0 bridgehead atoms. The van der Waals surface area contributed by atoms with Gasteiger partial charge in [0, 0.05) is 25.1 Å². The van der Waals surface area contributed by atoms with E-state index in [0.29, 0.717) is 18.6 Å². The molecular formula is C25H39N3O8. The van der Waals surface area contributed by atoms with Crippen molar-refractivity contribution in [1.29, 1.82) is 0 Å². The molecule has 2 aliphatic heterocycles. The van der Waals surface area contributed by atoms with E-state index in [4.69, 9.17) is 14.2 Å². The van der Waals surface area contributed by atoms with Crippen LogP contribution >= 0.6 is 0 Å². The van der Waals surface area contributed by atoms with Gasteiger partial charge in [-0.15, -0.1) is 0 Å². The number of carboxylic acids is 1. The summed E-state index contributed by atoms with van der Waals surface area (Å²) in [7, 11) is 3.31. The van der Waals surface area contributed by atoms with Crippen LogP contribution in [-0.4, -0.2) is 67.7 Å². The molecule has 11 heteroatoms. The van der Waals surface area contributed by atoms with Crippen LogP contribution in [0.4, 0.5) is 5.69 Å². The number of benzene rings is 1. The van der Waals surface area contributed by atoms with Crippen LogP contribution in [0.3, 0.4) is 0 Å². The number of para-hydroxylation sites is 1. The second-order valence-electron chi connectivity index (χ2n) is 10.2. The Bertz CT molecular complexity index is 916. The van der Waals surface area contributed by atoms with Crippen molar-refractivity contribution in [3.8, 4) is 0 Å². The molecule has 3 rings (SSSR count). The van der Waals surface area contributed by atoms with E-state index < -0.39 is 34.2 Å². The first-order valence-corrected chi connectivity index (χ1v) is 12.1. The average molecular weight is 510 g/mol. The van der Waals surface area contributed by atoms with Gasteiger partial charge >= 0.3 is 5.97 Å². The molecule has 0 saturated carbocycles. The SMILES string of the molecule is CNC(=O)[C@@H]1CCOC1.CN[C@@H](CC(C)C)C1(C(=O)O)OCC(C)(C)C(c2ccccc2[N+](=O)[O-])O1. The number of likely N-dealkylation sites (N-methyl/N-ethyl adjacent to an activating group) is 1. The Morgan fingerprint density at radius 1 is 1.25 bits per heavy atom. The van der Waals surface area contributed by atoms with Gasteiger partial charge in [0.1, 0.15) is 6.10 Å². The van der Waals surface area contributed by atoms with Crippen molar-refractivity contribution in [3.63, 3.8) is 0 Å². The first-order chi connectivity index (χ1) is 16.9. The van der Waals surface area contributed by atoms with Crippen molar-refractivity contribution in [3.05, 3.63) is 39.9 Å². The first kappa shape index (κ1) is 29.6. The molecule has 1 aromatic rings. The van der Waals surface area contributed by atoms with Crippen molar-refractivity contribution in [2.75, 3.05) is 33.9 Å². The Kier molecular flexibility index (Phi) is 10.4. The van der Waals surface area contributed by atoms with Crippen LogP contribution in [0.15, 0.2) is 24.3 Å². The summed E-state index contributed by atoms with van der Waals surface area (Å²) < 4.78 is 16.9. The second-order valence-corrected chi connectivity index (χ2v) is 10.2. The summed E-state index contributed by atoms with van der Waals surface area (Å²) in [5.41, 5.74) is -0.399. The molecule has 2 saturated heterocycles. The summed E-state index contributed by atoms with van der Waals surface area (Å²) in [5, 5.41) is 27.1. The van der Waals surface area contributed by atoms with Crippen molar-refractivity contribution < 1.29 is 33.8 Å². The van der Waals surface area contributed by atoms with Crippen LogP contribution in [0.1, 0.15) is 52.2 Å². The molecule has 3 N–H and O–H groups in total. The normalized spacial score (nSPS) is 26.0. The summed E-state index contributed by atoms with van der Waals surface area (Å²) >= 11 is 0. The van der Waals surface area contributed by atoms with Crippen LogP contribution in [-0.2, 0) is 23.8 Å². The predicted molar refractivity (Wildman–Crippen MR) is 132 cm³/mol. The van der Waals surface area contributed by atoms with Crippen LogP contribution in [0, 0.1) is 27.4 Å². The number of rotatable bonds is 8. The molecule has 0 spiro atoms. The number of nitro benzene ring substituents is 1. The lowest BCUT2D eigenvalue weighted by Crippen LogP contribution is -2.64. The van der Waals surface area contributed by atoms with E-state index in [2.05, 4.69) is 10.6 Å². The van der Waals surface area contributed by atoms with Gasteiger partial charge in [0.2, 0.25) is 5.91 Å². The highest BCUT2D eigenvalue weighted by atomic mass is 16.7. The molecule has 2 heterocycles. The maximum atomic E-state index is 12.2. The molecule has 202 valence electrons. The molecule has 2 unspecified atom stereocenters. The molecule has 0 aromatic heterocycles. The lowest BCUT2D eigenvalue weighted by Gasteiger charge is -2.49.